The molecular formula is C12H24N2S. The van der Waals surface area contributed by atoms with E-state index >= 15 is 0 Å². The lowest BCUT2D eigenvalue weighted by atomic mass is 10.1. The van der Waals surface area contributed by atoms with Crippen molar-refractivity contribution >= 4 is 17.3 Å². The van der Waals surface area contributed by atoms with Gasteiger partial charge in [0.15, 0.2) is 5.11 Å². The fourth-order valence-electron chi connectivity index (χ4n) is 2.16. The van der Waals surface area contributed by atoms with E-state index in [-0.39, 0.29) is 0 Å². The van der Waals surface area contributed by atoms with Crippen molar-refractivity contribution in [2.45, 2.75) is 64.5 Å². The van der Waals surface area contributed by atoms with Crippen LogP contribution in [0.4, 0.5) is 0 Å². The number of rotatable bonds is 2. The lowest BCUT2D eigenvalue weighted by Gasteiger charge is -2.30. The zero-order chi connectivity index (χ0) is 11.3. The first-order chi connectivity index (χ1) is 7.11. The van der Waals surface area contributed by atoms with Gasteiger partial charge in [0.2, 0.25) is 0 Å². The van der Waals surface area contributed by atoms with Crippen LogP contribution in [0.3, 0.4) is 0 Å². The van der Waals surface area contributed by atoms with Crippen molar-refractivity contribution in [1.82, 2.24) is 10.2 Å². The van der Waals surface area contributed by atoms with E-state index < -0.39 is 0 Å². The van der Waals surface area contributed by atoms with Crippen LogP contribution in [0.2, 0.25) is 0 Å². The molecule has 0 spiro atoms. The highest BCUT2D eigenvalue weighted by Crippen LogP contribution is 2.21. The summed E-state index contributed by atoms with van der Waals surface area (Å²) in [6, 6.07) is 1.09. The Labute approximate surface area is 99.4 Å². The molecule has 0 heterocycles. The molecule has 3 heteroatoms. The van der Waals surface area contributed by atoms with Crippen LogP contribution in [0, 0.1) is 0 Å². The smallest absolute Gasteiger partial charge is 0.169 e. The number of thiocarbonyl (C=S) groups is 1. The van der Waals surface area contributed by atoms with Crippen LogP contribution in [-0.2, 0) is 0 Å². The quantitative estimate of drug-likeness (QED) is 0.578. The lowest BCUT2D eigenvalue weighted by Crippen LogP contribution is -2.45. The normalized spacial score (nSPS) is 18.7. The molecule has 0 bridgehead atoms. The predicted molar refractivity (Wildman–Crippen MR) is 70.1 cm³/mol. The van der Waals surface area contributed by atoms with Gasteiger partial charge in [0, 0.05) is 19.1 Å². The minimum absolute atomic E-state index is 0.436. The van der Waals surface area contributed by atoms with Crippen LogP contribution in [0.1, 0.15) is 52.4 Å². The molecule has 0 aromatic heterocycles. The van der Waals surface area contributed by atoms with Crippen molar-refractivity contribution in [1.29, 1.82) is 0 Å². The SMILES string of the molecule is CC(C)NC(=S)N(C)C1CCCCCC1. The Morgan fingerprint density at radius 3 is 2.20 bits per heavy atom. The maximum Gasteiger partial charge on any atom is 0.169 e. The summed E-state index contributed by atoms with van der Waals surface area (Å²) in [6.45, 7) is 4.26. The summed E-state index contributed by atoms with van der Waals surface area (Å²) in [6.07, 6.45) is 8.12. The average molecular weight is 228 g/mol. The first-order valence-corrected chi connectivity index (χ1v) is 6.55. The van der Waals surface area contributed by atoms with Crippen molar-refractivity contribution in [2.24, 2.45) is 0 Å². The molecule has 0 unspecified atom stereocenters. The summed E-state index contributed by atoms with van der Waals surface area (Å²) in [4.78, 5) is 2.26. The Morgan fingerprint density at radius 2 is 1.73 bits per heavy atom. The van der Waals surface area contributed by atoms with Crippen molar-refractivity contribution in [2.75, 3.05) is 7.05 Å². The van der Waals surface area contributed by atoms with E-state index in [4.69, 9.17) is 12.2 Å². The predicted octanol–water partition coefficient (Wildman–Crippen LogP) is 2.92. The summed E-state index contributed by atoms with van der Waals surface area (Å²) < 4.78 is 0. The summed E-state index contributed by atoms with van der Waals surface area (Å²) in [5.74, 6) is 0. The van der Waals surface area contributed by atoms with Crippen molar-refractivity contribution in [3.05, 3.63) is 0 Å². The molecule has 0 radical (unpaired) electrons. The zero-order valence-corrected chi connectivity index (χ0v) is 11.1. The van der Waals surface area contributed by atoms with E-state index in [1.54, 1.807) is 0 Å². The highest BCUT2D eigenvalue weighted by molar-refractivity contribution is 7.80. The Morgan fingerprint density at radius 1 is 1.20 bits per heavy atom. The molecule has 1 aliphatic rings. The van der Waals surface area contributed by atoms with E-state index in [1.165, 1.54) is 38.5 Å². The molecule has 15 heavy (non-hydrogen) atoms. The second kappa shape index (κ2) is 6.31. The molecule has 1 N–H and O–H groups in total. The van der Waals surface area contributed by atoms with E-state index in [0.29, 0.717) is 12.1 Å². The second-order valence-corrected chi connectivity index (χ2v) is 5.25. The van der Waals surface area contributed by atoms with E-state index in [2.05, 4.69) is 31.1 Å². The van der Waals surface area contributed by atoms with Crippen LogP contribution >= 0.6 is 12.2 Å². The molecule has 1 saturated carbocycles. The van der Waals surface area contributed by atoms with Crippen LogP contribution in [-0.4, -0.2) is 29.1 Å². The van der Waals surface area contributed by atoms with E-state index in [0.717, 1.165) is 5.11 Å². The van der Waals surface area contributed by atoms with Gasteiger partial charge in [0.25, 0.3) is 0 Å². The Bertz CT molecular complexity index is 196. The lowest BCUT2D eigenvalue weighted by molar-refractivity contribution is 0.324. The Kier molecular flexibility index (Phi) is 5.37. The first kappa shape index (κ1) is 12.8. The molecule has 0 amide bonds. The monoisotopic (exact) mass is 228 g/mol. The number of nitrogens with zero attached hydrogens (tertiary/aromatic N) is 1. The maximum absolute atomic E-state index is 5.39. The minimum Gasteiger partial charge on any atom is -0.360 e. The average Bonchev–Trinajstić information content (AvgIpc) is 2.43. The third kappa shape index (κ3) is 4.37. The first-order valence-electron chi connectivity index (χ1n) is 6.14. The van der Waals surface area contributed by atoms with E-state index in [9.17, 15) is 0 Å². The molecule has 88 valence electrons. The molecule has 1 aliphatic carbocycles. The summed E-state index contributed by atoms with van der Waals surface area (Å²) in [5, 5.41) is 4.23. The number of nitrogens with one attached hydrogen (secondary N) is 1. The van der Waals surface area contributed by atoms with Crippen molar-refractivity contribution in [3.63, 3.8) is 0 Å². The van der Waals surface area contributed by atoms with Gasteiger partial charge in [-0.25, -0.2) is 0 Å². The van der Waals surface area contributed by atoms with Gasteiger partial charge >= 0.3 is 0 Å². The van der Waals surface area contributed by atoms with Gasteiger partial charge in [0.1, 0.15) is 0 Å². The van der Waals surface area contributed by atoms with Gasteiger partial charge in [0.05, 0.1) is 0 Å². The molecule has 2 nitrogen and oxygen atoms in total. The summed E-state index contributed by atoms with van der Waals surface area (Å²) in [5.41, 5.74) is 0. The Hall–Kier alpha value is -0.310. The molecule has 1 rings (SSSR count). The highest BCUT2D eigenvalue weighted by atomic mass is 32.1. The number of hydrogen-bond donors (Lipinski definition) is 1. The van der Waals surface area contributed by atoms with Crippen molar-refractivity contribution in [3.8, 4) is 0 Å². The summed E-state index contributed by atoms with van der Waals surface area (Å²) in [7, 11) is 2.13. The second-order valence-electron chi connectivity index (χ2n) is 4.86. The van der Waals surface area contributed by atoms with Gasteiger partial charge in [-0.3, -0.25) is 0 Å². The third-order valence-corrected chi connectivity index (χ3v) is 3.51. The van der Waals surface area contributed by atoms with Gasteiger partial charge in [-0.2, -0.15) is 0 Å². The van der Waals surface area contributed by atoms with Gasteiger partial charge in [-0.05, 0) is 38.9 Å². The van der Waals surface area contributed by atoms with Crippen LogP contribution in [0.5, 0.6) is 0 Å². The van der Waals surface area contributed by atoms with E-state index in [1.807, 2.05) is 0 Å². The van der Waals surface area contributed by atoms with Gasteiger partial charge in [-0.15, -0.1) is 0 Å². The van der Waals surface area contributed by atoms with Gasteiger partial charge in [-0.1, -0.05) is 25.7 Å². The topological polar surface area (TPSA) is 15.3 Å². The van der Waals surface area contributed by atoms with Crippen LogP contribution in [0.25, 0.3) is 0 Å². The molecule has 0 aliphatic heterocycles. The van der Waals surface area contributed by atoms with Gasteiger partial charge < -0.3 is 10.2 Å². The Balaban J connectivity index is 2.42. The summed E-state index contributed by atoms with van der Waals surface area (Å²) >= 11 is 5.39. The maximum atomic E-state index is 5.39. The number of hydrogen-bond acceptors (Lipinski definition) is 1. The zero-order valence-electron chi connectivity index (χ0n) is 10.3. The standard InChI is InChI=1S/C12H24N2S/c1-10(2)13-12(15)14(3)11-8-6-4-5-7-9-11/h10-11H,4-9H2,1-3H3,(H,13,15). The van der Waals surface area contributed by atoms with Crippen LogP contribution < -0.4 is 5.32 Å². The fraction of sp³-hybridized carbons (Fsp3) is 0.917. The molecule has 0 aromatic carbocycles. The minimum atomic E-state index is 0.436. The highest BCUT2D eigenvalue weighted by Gasteiger charge is 2.18. The third-order valence-electron chi connectivity index (χ3n) is 3.10. The molecule has 0 saturated heterocycles. The molecule has 0 aromatic rings. The molecule has 0 atom stereocenters. The van der Waals surface area contributed by atoms with Crippen LogP contribution in [0.15, 0.2) is 0 Å². The largest absolute Gasteiger partial charge is 0.360 e. The molecule has 1 fully saturated rings. The van der Waals surface area contributed by atoms with Crippen molar-refractivity contribution < 1.29 is 0 Å². The molecular weight excluding hydrogens is 204 g/mol. The fourth-order valence-corrected chi connectivity index (χ4v) is 2.54.